The fraction of sp³-hybridized carbons (Fsp3) is 0.211. The molecule has 0 aliphatic carbocycles. The molecule has 6 nitrogen and oxygen atoms in total. The molecule has 0 heterocycles. The summed E-state index contributed by atoms with van der Waals surface area (Å²) in [5, 5.41) is 11.2. The van der Waals surface area contributed by atoms with Crippen LogP contribution in [0, 0.1) is 11.3 Å². The third-order valence-corrected chi connectivity index (χ3v) is 3.36. The van der Waals surface area contributed by atoms with Crippen LogP contribution >= 0.6 is 0 Å². The van der Waals surface area contributed by atoms with E-state index in [-0.39, 0.29) is 6.61 Å². The Labute approximate surface area is 146 Å². The zero-order valence-electron chi connectivity index (χ0n) is 13.8. The first-order chi connectivity index (χ1) is 12.1. The van der Waals surface area contributed by atoms with Gasteiger partial charge in [0, 0.05) is 12.8 Å². The lowest BCUT2D eigenvalue weighted by atomic mass is 10.1. The molecule has 0 aliphatic rings. The molecule has 0 radical (unpaired) electrons. The third kappa shape index (κ3) is 5.75. The Balaban J connectivity index is 1.82. The summed E-state index contributed by atoms with van der Waals surface area (Å²) >= 11 is 0. The minimum Gasteiger partial charge on any atom is -0.452 e. The maximum Gasteiger partial charge on any atom is 0.338 e. The largest absolute Gasteiger partial charge is 0.452 e. The van der Waals surface area contributed by atoms with Gasteiger partial charge in [0.2, 0.25) is 0 Å². The number of nitrogens with one attached hydrogen (secondary N) is 1. The van der Waals surface area contributed by atoms with Gasteiger partial charge in [0.05, 0.1) is 24.7 Å². The second-order valence-electron chi connectivity index (χ2n) is 5.29. The van der Waals surface area contributed by atoms with E-state index in [1.165, 1.54) is 0 Å². The molecule has 0 aliphatic heterocycles. The van der Waals surface area contributed by atoms with Crippen LogP contribution in [-0.4, -0.2) is 25.6 Å². The fourth-order valence-electron chi connectivity index (χ4n) is 2.11. The highest BCUT2D eigenvalue weighted by Gasteiger charge is 2.10. The van der Waals surface area contributed by atoms with Gasteiger partial charge in [-0.2, -0.15) is 5.26 Å². The van der Waals surface area contributed by atoms with Crippen molar-refractivity contribution < 1.29 is 19.1 Å². The number of anilines is 1. The van der Waals surface area contributed by atoms with Crippen LogP contribution in [0.25, 0.3) is 0 Å². The summed E-state index contributed by atoms with van der Waals surface area (Å²) in [5.41, 5.74) is 2.75. The van der Waals surface area contributed by atoms with E-state index in [2.05, 4.69) is 11.4 Å². The van der Waals surface area contributed by atoms with Gasteiger partial charge in [-0.25, -0.2) is 4.79 Å². The average molecular weight is 338 g/mol. The van der Waals surface area contributed by atoms with Gasteiger partial charge >= 0.3 is 5.97 Å². The van der Waals surface area contributed by atoms with Gasteiger partial charge in [0.25, 0.3) is 5.91 Å². The molecule has 0 unspecified atom stereocenters. The molecular formula is C19H18N2O4. The lowest BCUT2D eigenvalue weighted by Gasteiger charge is -2.07. The maximum atomic E-state index is 11.9. The van der Waals surface area contributed by atoms with Gasteiger partial charge in [-0.1, -0.05) is 24.3 Å². The second kappa shape index (κ2) is 9.21. The van der Waals surface area contributed by atoms with Crippen molar-refractivity contribution in [1.29, 1.82) is 5.26 Å². The Morgan fingerprint density at radius 3 is 2.28 bits per heavy atom. The zero-order chi connectivity index (χ0) is 18.1. The molecule has 0 aromatic heterocycles. The molecule has 0 fully saturated rings. The lowest BCUT2D eigenvalue weighted by molar-refractivity contribution is -0.119. The normalized spacial score (nSPS) is 9.92. The molecule has 25 heavy (non-hydrogen) atoms. The van der Waals surface area contributed by atoms with Gasteiger partial charge in [0.15, 0.2) is 6.61 Å². The highest BCUT2D eigenvalue weighted by Crippen LogP contribution is 2.10. The van der Waals surface area contributed by atoms with Gasteiger partial charge in [-0.15, -0.1) is 0 Å². The highest BCUT2D eigenvalue weighted by atomic mass is 16.5. The minimum absolute atomic E-state index is 0.314. The van der Waals surface area contributed by atoms with Crippen LogP contribution in [0.3, 0.4) is 0 Å². The molecule has 1 N–H and O–H groups in total. The summed E-state index contributed by atoms with van der Waals surface area (Å²) in [6.45, 7) is 0.0868. The first kappa shape index (κ1) is 18.2. The number of carbonyl (C=O) groups excluding carboxylic acids is 2. The van der Waals surface area contributed by atoms with Crippen molar-refractivity contribution in [3.05, 3.63) is 65.2 Å². The second-order valence-corrected chi connectivity index (χ2v) is 5.29. The number of nitrogens with zero attached hydrogens (tertiary/aromatic N) is 1. The SMILES string of the molecule is COCc1ccc(C(=O)OCC(=O)Nc2ccc(CC#N)cc2)cc1. The quantitative estimate of drug-likeness (QED) is 0.784. The minimum atomic E-state index is -0.566. The number of hydrogen-bond donors (Lipinski definition) is 1. The lowest BCUT2D eigenvalue weighted by Crippen LogP contribution is -2.20. The summed E-state index contributed by atoms with van der Waals surface area (Å²) in [6.07, 6.45) is 0.314. The molecule has 0 saturated heterocycles. The van der Waals surface area contributed by atoms with Crippen LogP contribution in [-0.2, 0) is 27.3 Å². The van der Waals surface area contributed by atoms with Crippen LogP contribution in [0.1, 0.15) is 21.5 Å². The Kier molecular flexibility index (Phi) is 6.69. The van der Waals surface area contributed by atoms with E-state index in [0.29, 0.717) is 24.3 Å². The Morgan fingerprint density at radius 1 is 1.04 bits per heavy atom. The summed E-state index contributed by atoms with van der Waals surface area (Å²) in [5.74, 6) is -0.999. The number of benzene rings is 2. The van der Waals surface area contributed by atoms with Crippen molar-refractivity contribution in [3.8, 4) is 6.07 Å². The molecule has 2 aromatic rings. The molecule has 0 atom stereocenters. The monoisotopic (exact) mass is 338 g/mol. The molecule has 0 saturated carbocycles. The number of nitriles is 1. The number of ether oxygens (including phenoxy) is 2. The highest BCUT2D eigenvalue weighted by molar-refractivity contribution is 5.95. The van der Waals surface area contributed by atoms with Crippen molar-refractivity contribution in [1.82, 2.24) is 0 Å². The van der Waals surface area contributed by atoms with Crippen LogP contribution < -0.4 is 5.32 Å². The zero-order valence-corrected chi connectivity index (χ0v) is 13.8. The van der Waals surface area contributed by atoms with E-state index in [1.807, 2.05) is 0 Å². The van der Waals surface area contributed by atoms with Gasteiger partial charge < -0.3 is 14.8 Å². The van der Waals surface area contributed by atoms with E-state index in [1.54, 1.807) is 55.6 Å². The summed E-state index contributed by atoms with van der Waals surface area (Å²) in [7, 11) is 1.60. The van der Waals surface area contributed by atoms with Gasteiger partial charge in [-0.3, -0.25) is 4.79 Å². The first-order valence-electron chi connectivity index (χ1n) is 7.63. The fourth-order valence-corrected chi connectivity index (χ4v) is 2.11. The van der Waals surface area contributed by atoms with E-state index in [9.17, 15) is 9.59 Å². The van der Waals surface area contributed by atoms with Crippen molar-refractivity contribution in [2.75, 3.05) is 19.0 Å². The number of amides is 1. The molecule has 6 heteroatoms. The Morgan fingerprint density at radius 2 is 1.68 bits per heavy atom. The van der Waals surface area contributed by atoms with Gasteiger partial charge in [-0.05, 0) is 35.4 Å². The number of esters is 1. The maximum absolute atomic E-state index is 11.9. The topological polar surface area (TPSA) is 88.4 Å². The molecule has 128 valence electrons. The van der Waals surface area contributed by atoms with E-state index in [4.69, 9.17) is 14.7 Å². The predicted molar refractivity (Wildman–Crippen MR) is 91.8 cm³/mol. The summed E-state index contributed by atoms with van der Waals surface area (Å²) in [4.78, 5) is 23.8. The number of methoxy groups -OCH3 is 1. The number of hydrogen-bond acceptors (Lipinski definition) is 5. The van der Waals surface area contributed by atoms with Crippen LogP contribution in [0.15, 0.2) is 48.5 Å². The first-order valence-corrected chi connectivity index (χ1v) is 7.63. The van der Waals surface area contributed by atoms with E-state index < -0.39 is 11.9 Å². The number of rotatable bonds is 7. The van der Waals surface area contributed by atoms with E-state index in [0.717, 1.165) is 11.1 Å². The van der Waals surface area contributed by atoms with Crippen molar-refractivity contribution >= 4 is 17.6 Å². The standard InChI is InChI=1S/C19H18N2O4/c1-24-12-15-2-6-16(7-3-15)19(23)25-13-18(22)21-17-8-4-14(5-9-17)10-11-20/h2-9H,10,12-13H2,1H3,(H,21,22). The smallest absolute Gasteiger partial charge is 0.338 e. The van der Waals surface area contributed by atoms with Crippen molar-refractivity contribution in [2.24, 2.45) is 0 Å². The molecule has 0 bridgehead atoms. The Hall–Kier alpha value is -3.17. The van der Waals surface area contributed by atoms with Crippen LogP contribution in [0.2, 0.25) is 0 Å². The molecular weight excluding hydrogens is 320 g/mol. The number of carbonyl (C=O) groups is 2. The Bertz CT molecular complexity index is 762. The third-order valence-electron chi connectivity index (χ3n) is 3.36. The van der Waals surface area contributed by atoms with Crippen molar-refractivity contribution in [3.63, 3.8) is 0 Å². The van der Waals surface area contributed by atoms with Crippen LogP contribution in [0.5, 0.6) is 0 Å². The van der Waals surface area contributed by atoms with Crippen molar-refractivity contribution in [2.45, 2.75) is 13.0 Å². The molecule has 1 amide bonds. The molecule has 2 aromatic carbocycles. The summed E-state index contributed by atoms with van der Waals surface area (Å²) < 4.78 is 10.00. The van der Waals surface area contributed by atoms with E-state index >= 15 is 0 Å². The predicted octanol–water partition coefficient (Wildman–Crippen LogP) is 2.69. The average Bonchev–Trinajstić information content (AvgIpc) is 2.62. The summed E-state index contributed by atoms with van der Waals surface area (Å²) in [6, 6.07) is 15.7. The van der Waals surface area contributed by atoms with Gasteiger partial charge in [0.1, 0.15) is 0 Å². The van der Waals surface area contributed by atoms with Crippen LogP contribution in [0.4, 0.5) is 5.69 Å². The molecule has 2 rings (SSSR count). The molecule has 0 spiro atoms.